The van der Waals surface area contributed by atoms with Gasteiger partial charge in [0.05, 0.1) is 12.1 Å². The summed E-state index contributed by atoms with van der Waals surface area (Å²) in [5.74, 6) is 0.251. The Hall–Kier alpha value is -2.00. The fourth-order valence-electron chi connectivity index (χ4n) is 2.43. The van der Waals surface area contributed by atoms with Crippen molar-refractivity contribution in [3.8, 4) is 0 Å². The summed E-state index contributed by atoms with van der Waals surface area (Å²) < 4.78 is 40.0. The summed E-state index contributed by atoms with van der Waals surface area (Å²) in [7, 11) is 0. The van der Waals surface area contributed by atoms with Crippen LogP contribution in [0.5, 0.6) is 0 Å². The fourth-order valence-corrected chi connectivity index (χ4v) is 3.31. The first-order chi connectivity index (χ1) is 13.6. The quantitative estimate of drug-likeness (QED) is 0.408. The maximum Gasteiger partial charge on any atom is 0.416 e. The highest BCUT2D eigenvalue weighted by molar-refractivity contribution is 7.80. The van der Waals surface area contributed by atoms with Gasteiger partial charge in [-0.2, -0.15) is 18.3 Å². The van der Waals surface area contributed by atoms with Crippen LogP contribution in [0.15, 0.2) is 48.7 Å². The second-order valence-corrected chi connectivity index (χ2v) is 7.58. The first-order valence-electron chi connectivity index (χ1n) is 8.04. The molecule has 2 N–H and O–H groups in total. The van der Waals surface area contributed by atoms with Gasteiger partial charge in [-0.25, -0.2) is 0 Å². The van der Waals surface area contributed by atoms with Crippen LogP contribution in [-0.2, 0) is 12.7 Å². The zero-order valence-corrected chi connectivity index (χ0v) is 17.5. The Labute approximate surface area is 184 Å². The van der Waals surface area contributed by atoms with Crippen LogP contribution in [0.25, 0.3) is 0 Å². The normalized spacial score (nSPS) is 11.4. The molecule has 0 amide bonds. The first-order valence-corrected chi connectivity index (χ1v) is 9.58. The lowest BCUT2D eigenvalue weighted by Gasteiger charge is -2.12. The summed E-state index contributed by atoms with van der Waals surface area (Å²) in [6.07, 6.45) is -2.88. The van der Waals surface area contributed by atoms with E-state index < -0.39 is 11.7 Å². The van der Waals surface area contributed by atoms with Crippen molar-refractivity contribution in [3.05, 3.63) is 74.9 Å². The molecular weight excluding hydrogens is 468 g/mol. The third kappa shape index (κ3) is 5.76. The lowest BCUT2D eigenvalue weighted by atomic mass is 10.2. The topological polar surface area (TPSA) is 41.9 Å². The molecular formula is C18H12Cl3F3N4S. The standard InChI is InChI=1S/C18H12Cl3F3N4S/c19-12-5-4-10(14(20)7-12)8-28-9-15(21)16(27-28)26-17(29)25-13-3-1-2-11(6-13)18(22,23)24/h1-7,9H,8H2,(H2,25,26,27,29). The van der Waals surface area contributed by atoms with Gasteiger partial charge in [0.1, 0.15) is 5.02 Å². The van der Waals surface area contributed by atoms with Gasteiger partial charge in [-0.3, -0.25) is 4.68 Å². The van der Waals surface area contributed by atoms with Gasteiger partial charge in [-0.05, 0) is 48.1 Å². The van der Waals surface area contributed by atoms with Crippen LogP contribution in [0.1, 0.15) is 11.1 Å². The molecule has 0 spiro atoms. The Morgan fingerprint density at radius 3 is 2.48 bits per heavy atom. The van der Waals surface area contributed by atoms with Crippen molar-refractivity contribution in [2.75, 3.05) is 10.6 Å². The molecule has 3 rings (SSSR count). The number of aromatic nitrogens is 2. The van der Waals surface area contributed by atoms with Gasteiger partial charge >= 0.3 is 6.18 Å². The van der Waals surface area contributed by atoms with Crippen molar-refractivity contribution in [1.29, 1.82) is 0 Å². The lowest BCUT2D eigenvalue weighted by molar-refractivity contribution is -0.137. The predicted molar refractivity (Wildman–Crippen MR) is 114 cm³/mol. The van der Waals surface area contributed by atoms with E-state index in [2.05, 4.69) is 15.7 Å². The Morgan fingerprint density at radius 1 is 1.03 bits per heavy atom. The Morgan fingerprint density at radius 2 is 1.79 bits per heavy atom. The van der Waals surface area contributed by atoms with Crippen molar-refractivity contribution in [1.82, 2.24) is 9.78 Å². The molecule has 0 aliphatic rings. The molecule has 3 aromatic rings. The Bertz CT molecular complexity index is 1050. The van der Waals surface area contributed by atoms with E-state index in [4.69, 9.17) is 47.0 Å². The van der Waals surface area contributed by atoms with Gasteiger partial charge in [0.15, 0.2) is 10.9 Å². The number of thiocarbonyl (C=S) groups is 1. The highest BCUT2D eigenvalue weighted by atomic mass is 35.5. The van der Waals surface area contributed by atoms with Gasteiger partial charge in [0.2, 0.25) is 0 Å². The Balaban J connectivity index is 1.68. The molecule has 0 fully saturated rings. The number of benzene rings is 2. The number of anilines is 2. The molecule has 0 bridgehead atoms. The van der Waals surface area contributed by atoms with Gasteiger partial charge in [0.25, 0.3) is 0 Å². The zero-order valence-electron chi connectivity index (χ0n) is 14.4. The number of halogens is 6. The van der Waals surface area contributed by atoms with Crippen LogP contribution >= 0.6 is 47.0 Å². The summed E-state index contributed by atoms with van der Waals surface area (Å²) in [5, 5.41) is 11.1. The molecule has 0 saturated carbocycles. The van der Waals surface area contributed by atoms with E-state index in [0.717, 1.165) is 17.7 Å². The largest absolute Gasteiger partial charge is 0.416 e. The molecule has 152 valence electrons. The minimum absolute atomic E-state index is 0.0426. The van der Waals surface area contributed by atoms with Crippen molar-refractivity contribution < 1.29 is 13.2 Å². The summed E-state index contributed by atoms with van der Waals surface area (Å²) in [6, 6.07) is 9.78. The van der Waals surface area contributed by atoms with Gasteiger partial charge in [-0.1, -0.05) is 46.9 Å². The first kappa shape index (κ1) is 21.7. The maximum atomic E-state index is 12.8. The number of hydrogen-bond acceptors (Lipinski definition) is 2. The highest BCUT2D eigenvalue weighted by Gasteiger charge is 2.30. The molecule has 0 aliphatic carbocycles. The number of hydrogen-bond donors (Lipinski definition) is 2. The minimum atomic E-state index is -4.45. The van der Waals surface area contributed by atoms with Gasteiger partial charge in [0, 0.05) is 21.9 Å². The molecule has 2 aromatic carbocycles. The molecule has 0 aliphatic heterocycles. The SMILES string of the molecule is FC(F)(F)c1cccc(NC(=S)Nc2nn(Cc3ccc(Cl)cc3Cl)cc2Cl)c1. The monoisotopic (exact) mass is 478 g/mol. The second kappa shape index (κ2) is 8.79. The van der Waals surface area contributed by atoms with Crippen LogP contribution in [0.4, 0.5) is 24.7 Å². The molecule has 29 heavy (non-hydrogen) atoms. The molecule has 0 saturated heterocycles. The zero-order chi connectivity index (χ0) is 21.2. The second-order valence-electron chi connectivity index (χ2n) is 5.92. The number of nitrogens with zero attached hydrogens (tertiary/aromatic N) is 2. The van der Waals surface area contributed by atoms with Crippen LogP contribution in [0, 0.1) is 0 Å². The van der Waals surface area contributed by atoms with Crippen molar-refractivity contribution >= 4 is 63.6 Å². The van der Waals surface area contributed by atoms with E-state index in [1.54, 1.807) is 29.1 Å². The molecule has 11 heteroatoms. The fraction of sp³-hybridized carbons (Fsp3) is 0.111. The molecule has 1 heterocycles. The van der Waals surface area contributed by atoms with Gasteiger partial charge in [-0.15, -0.1) is 0 Å². The number of rotatable bonds is 4. The van der Waals surface area contributed by atoms with Crippen LogP contribution < -0.4 is 10.6 Å². The third-order valence-electron chi connectivity index (χ3n) is 3.74. The van der Waals surface area contributed by atoms with E-state index >= 15 is 0 Å². The third-order valence-corrected chi connectivity index (χ3v) is 4.81. The summed E-state index contributed by atoms with van der Waals surface area (Å²) in [4.78, 5) is 0. The molecule has 4 nitrogen and oxygen atoms in total. The van der Waals surface area contributed by atoms with Crippen LogP contribution in [-0.4, -0.2) is 14.9 Å². The number of nitrogens with one attached hydrogen (secondary N) is 2. The molecule has 1 aromatic heterocycles. The summed E-state index contributed by atoms with van der Waals surface area (Å²) >= 11 is 23.4. The van der Waals surface area contributed by atoms with Crippen molar-refractivity contribution in [2.45, 2.75) is 12.7 Å². The van der Waals surface area contributed by atoms with E-state index in [9.17, 15) is 13.2 Å². The Kier molecular flexibility index (Phi) is 6.58. The minimum Gasteiger partial charge on any atom is -0.332 e. The predicted octanol–water partition coefficient (Wildman–Crippen LogP) is 6.72. The average Bonchev–Trinajstić information content (AvgIpc) is 2.96. The number of alkyl halides is 3. The smallest absolute Gasteiger partial charge is 0.332 e. The summed E-state index contributed by atoms with van der Waals surface area (Å²) in [5.41, 5.74) is 0.180. The molecule has 0 atom stereocenters. The van der Waals surface area contributed by atoms with Crippen molar-refractivity contribution in [3.63, 3.8) is 0 Å². The molecule has 0 radical (unpaired) electrons. The van der Waals surface area contributed by atoms with E-state index in [0.29, 0.717) is 16.6 Å². The van der Waals surface area contributed by atoms with E-state index in [1.165, 1.54) is 12.1 Å². The summed E-state index contributed by atoms with van der Waals surface area (Å²) in [6.45, 7) is 0.339. The molecule has 0 unspecified atom stereocenters. The van der Waals surface area contributed by atoms with Crippen LogP contribution in [0.2, 0.25) is 15.1 Å². The van der Waals surface area contributed by atoms with E-state index in [1.807, 2.05) is 0 Å². The van der Waals surface area contributed by atoms with E-state index in [-0.39, 0.29) is 21.6 Å². The van der Waals surface area contributed by atoms with Gasteiger partial charge < -0.3 is 10.6 Å². The van der Waals surface area contributed by atoms with Crippen LogP contribution in [0.3, 0.4) is 0 Å². The van der Waals surface area contributed by atoms with Crippen molar-refractivity contribution in [2.24, 2.45) is 0 Å². The lowest BCUT2D eigenvalue weighted by Crippen LogP contribution is -2.20. The average molecular weight is 480 g/mol. The highest BCUT2D eigenvalue weighted by Crippen LogP contribution is 2.31. The maximum absolute atomic E-state index is 12.8.